The van der Waals surface area contributed by atoms with Crippen molar-refractivity contribution in [1.29, 1.82) is 0 Å². The number of aryl methyl sites for hydroxylation is 1. The molecule has 1 aromatic heterocycles. The Balaban J connectivity index is 1.49. The molecule has 1 aliphatic heterocycles. The summed E-state index contributed by atoms with van der Waals surface area (Å²) in [6, 6.07) is 7.98. The average Bonchev–Trinajstić information content (AvgIpc) is 3.00. The number of likely N-dealkylation sites (N-methyl/N-ethyl adjacent to an activating group) is 1. The number of thioether (sulfide) groups is 1. The van der Waals surface area contributed by atoms with Crippen molar-refractivity contribution >= 4 is 29.0 Å². The Bertz CT molecular complexity index is 680. The van der Waals surface area contributed by atoms with E-state index < -0.39 is 0 Å². The molecule has 0 spiro atoms. The standard InChI is InChI=1S/C16H21N5O2S/c1-12-18-19-16(23-12)24-11-15(22)17-13-3-5-14(6-4-13)21-9-7-20(2)8-10-21/h3-6H,7-11H2,1-2H3,(H,17,22). The molecule has 8 heteroatoms. The van der Waals surface area contributed by atoms with Gasteiger partial charge in [0.2, 0.25) is 11.8 Å². The van der Waals surface area contributed by atoms with E-state index in [9.17, 15) is 4.79 Å². The molecule has 1 aliphatic rings. The summed E-state index contributed by atoms with van der Waals surface area (Å²) in [4.78, 5) is 16.7. The first-order valence-corrected chi connectivity index (χ1v) is 8.85. The van der Waals surface area contributed by atoms with Crippen molar-refractivity contribution in [2.75, 3.05) is 49.2 Å². The summed E-state index contributed by atoms with van der Waals surface area (Å²) in [6.45, 7) is 5.93. The molecule has 0 aliphatic carbocycles. The van der Waals surface area contributed by atoms with Gasteiger partial charge in [0, 0.05) is 44.5 Å². The minimum Gasteiger partial charge on any atom is -0.416 e. The SMILES string of the molecule is Cc1nnc(SCC(=O)Nc2ccc(N3CCN(C)CC3)cc2)o1. The molecule has 0 saturated carbocycles. The molecule has 0 bridgehead atoms. The maximum Gasteiger partial charge on any atom is 0.277 e. The second-order valence-electron chi connectivity index (χ2n) is 5.76. The second kappa shape index (κ2) is 7.67. The molecule has 24 heavy (non-hydrogen) atoms. The zero-order chi connectivity index (χ0) is 16.9. The molecule has 1 N–H and O–H groups in total. The van der Waals surface area contributed by atoms with Crippen LogP contribution in [0.4, 0.5) is 11.4 Å². The highest BCUT2D eigenvalue weighted by molar-refractivity contribution is 7.99. The minimum atomic E-state index is -0.0943. The van der Waals surface area contributed by atoms with Gasteiger partial charge in [-0.25, -0.2) is 0 Å². The van der Waals surface area contributed by atoms with Crippen LogP contribution >= 0.6 is 11.8 Å². The summed E-state index contributed by atoms with van der Waals surface area (Å²) in [5.74, 6) is 0.641. The third-order valence-corrected chi connectivity index (χ3v) is 4.67. The first kappa shape index (κ1) is 16.8. The molecule has 1 saturated heterocycles. The van der Waals surface area contributed by atoms with Gasteiger partial charge >= 0.3 is 0 Å². The summed E-state index contributed by atoms with van der Waals surface area (Å²) in [5, 5.41) is 10.9. The average molecular weight is 347 g/mol. The van der Waals surface area contributed by atoms with Crippen molar-refractivity contribution in [2.45, 2.75) is 12.1 Å². The molecular formula is C16H21N5O2S. The van der Waals surface area contributed by atoms with Crippen LogP contribution in [0, 0.1) is 6.92 Å². The van der Waals surface area contributed by atoms with Crippen molar-refractivity contribution in [3.05, 3.63) is 30.2 Å². The van der Waals surface area contributed by atoms with Crippen molar-refractivity contribution in [1.82, 2.24) is 15.1 Å². The zero-order valence-electron chi connectivity index (χ0n) is 13.9. The molecule has 1 fully saturated rings. The van der Waals surface area contributed by atoms with Crippen LogP contribution in [0.25, 0.3) is 0 Å². The number of hydrogen-bond donors (Lipinski definition) is 1. The van der Waals surface area contributed by atoms with Gasteiger partial charge < -0.3 is 19.5 Å². The van der Waals surface area contributed by atoms with Crippen molar-refractivity contribution in [3.63, 3.8) is 0 Å². The molecule has 1 aromatic carbocycles. The molecular weight excluding hydrogens is 326 g/mol. The van der Waals surface area contributed by atoms with Gasteiger partial charge in [-0.05, 0) is 31.3 Å². The van der Waals surface area contributed by atoms with Crippen LogP contribution in [-0.2, 0) is 4.79 Å². The lowest BCUT2D eigenvalue weighted by atomic mass is 10.2. The predicted molar refractivity (Wildman–Crippen MR) is 94.5 cm³/mol. The Morgan fingerprint density at radius 3 is 2.54 bits per heavy atom. The number of carbonyl (C=O) groups is 1. The van der Waals surface area contributed by atoms with Crippen molar-refractivity contribution < 1.29 is 9.21 Å². The van der Waals surface area contributed by atoms with Gasteiger partial charge in [0.1, 0.15) is 0 Å². The summed E-state index contributed by atoms with van der Waals surface area (Å²) in [7, 11) is 2.14. The maximum atomic E-state index is 12.0. The fourth-order valence-electron chi connectivity index (χ4n) is 2.48. The van der Waals surface area contributed by atoms with Crippen LogP contribution in [0.1, 0.15) is 5.89 Å². The smallest absolute Gasteiger partial charge is 0.277 e. The molecule has 2 heterocycles. The van der Waals surface area contributed by atoms with E-state index >= 15 is 0 Å². The number of anilines is 2. The summed E-state index contributed by atoms with van der Waals surface area (Å²) in [5.41, 5.74) is 1.98. The number of nitrogens with one attached hydrogen (secondary N) is 1. The van der Waals surface area contributed by atoms with E-state index in [-0.39, 0.29) is 11.7 Å². The fraction of sp³-hybridized carbons (Fsp3) is 0.438. The topological polar surface area (TPSA) is 74.5 Å². The second-order valence-corrected chi connectivity index (χ2v) is 6.69. The molecule has 1 amide bonds. The number of hydrogen-bond acceptors (Lipinski definition) is 7. The van der Waals surface area contributed by atoms with Crippen LogP contribution in [0.5, 0.6) is 0 Å². The largest absolute Gasteiger partial charge is 0.416 e. The van der Waals surface area contributed by atoms with E-state index in [1.807, 2.05) is 12.1 Å². The predicted octanol–water partition coefficient (Wildman–Crippen LogP) is 1.86. The quantitative estimate of drug-likeness (QED) is 0.828. The van der Waals surface area contributed by atoms with E-state index in [0.717, 1.165) is 31.9 Å². The number of rotatable bonds is 5. The first-order chi connectivity index (χ1) is 11.6. The highest BCUT2D eigenvalue weighted by Gasteiger charge is 2.14. The van der Waals surface area contributed by atoms with Gasteiger partial charge in [-0.2, -0.15) is 0 Å². The van der Waals surface area contributed by atoms with E-state index in [1.165, 1.54) is 17.4 Å². The lowest BCUT2D eigenvalue weighted by molar-refractivity contribution is -0.113. The Kier molecular flexibility index (Phi) is 5.37. The van der Waals surface area contributed by atoms with Gasteiger partial charge in [-0.15, -0.1) is 10.2 Å². The molecule has 128 valence electrons. The Morgan fingerprint density at radius 1 is 1.21 bits per heavy atom. The van der Waals surface area contributed by atoms with Crippen molar-refractivity contribution in [2.24, 2.45) is 0 Å². The monoisotopic (exact) mass is 347 g/mol. The van der Waals surface area contributed by atoms with Crippen LogP contribution < -0.4 is 10.2 Å². The third-order valence-electron chi connectivity index (χ3n) is 3.85. The maximum absolute atomic E-state index is 12.0. The van der Waals surface area contributed by atoms with E-state index in [4.69, 9.17) is 4.42 Å². The minimum absolute atomic E-state index is 0.0943. The van der Waals surface area contributed by atoms with Gasteiger partial charge in [0.25, 0.3) is 5.22 Å². The Morgan fingerprint density at radius 2 is 1.92 bits per heavy atom. The van der Waals surface area contributed by atoms with E-state index in [0.29, 0.717) is 11.1 Å². The number of nitrogens with zero attached hydrogens (tertiary/aromatic N) is 4. The van der Waals surface area contributed by atoms with Crippen molar-refractivity contribution in [3.8, 4) is 0 Å². The summed E-state index contributed by atoms with van der Waals surface area (Å²) >= 11 is 1.23. The normalized spacial score (nSPS) is 15.5. The van der Waals surface area contributed by atoms with Gasteiger partial charge in [-0.3, -0.25) is 4.79 Å². The molecule has 7 nitrogen and oxygen atoms in total. The fourth-order valence-corrected chi connectivity index (χ4v) is 3.09. The summed E-state index contributed by atoms with van der Waals surface area (Å²) < 4.78 is 5.23. The van der Waals surface area contributed by atoms with Crippen LogP contribution in [-0.4, -0.2) is 60.0 Å². The van der Waals surface area contributed by atoms with Gasteiger partial charge in [0.15, 0.2) is 0 Å². The Hall–Kier alpha value is -2.06. The van der Waals surface area contributed by atoms with E-state index in [1.54, 1.807) is 6.92 Å². The lowest BCUT2D eigenvalue weighted by Crippen LogP contribution is -2.44. The first-order valence-electron chi connectivity index (χ1n) is 7.86. The molecule has 0 unspecified atom stereocenters. The van der Waals surface area contributed by atoms with Gasteiger partial charge in [-0.1, -0.05) is 11.8 Å². The summed E-state index contributed by atoms with van der Waals surface area (Å²) in [6.07, 6.45) is 0. The van der Waals surface area contributed by atoms with Gasteiger partial charge in [0.05, 0.1) is 5.75 Å². The molecule has 3 rings (SSSR count). The van der Waals surface area contributed by atoms with Crippen LogP contribution in [0.15, 0.2) is 33.9 Å². The highest BCUT2D eigenvalue weighted by atomic mass is 32.2. The molecule has 0 atom stereocenters. The van der Waals surface area contributed by atoms with E-state index in [2.05, 4.69) is 44.5 Å². The number of carbonyl (C=O) groups excluding carboxylic acids is 1. The highest BCUT2D eigenvalue weighted by Crippen LogP contribution is 2.20. The third kappa shape index (κ3) is 4.48. The van der Waals surface area contributed by atoms with Crippen LogP contribution in [0.3, 0.4) is 0 Å². The lowest BCUT2D eigenvalue weighted by Gasteiger charge is -2.34. The number of benzene rings is 1. The Labute approximate surface area is 145 Å². The molecule has 0 radical (unpaired) electrons. The number of aromatic nitrogens is 2. The molecule has 2 aromatic rings. The number of piperazine rings is 1. The van der Waals surface area contributed by atoms with Crippen LogP contribution in [0.2, 0.25) is 0 Å². The zero-order valence-corrected chi connectivity index (χ0v) is 14.7. The number of amides is 1.